The van der Waals surface area contributed by atoms with E-state index in [1.165, 1.54) is 13.2 Å². The summed E-state index contributed by atoms with van der Waals surface area (Å²) in [7, 11) is 1.20. The minimum atomic E-state index is -4.52. The summed E-state index contributed by atoms with van der Waals surface area (Å²) in [6, 6.07) is 2.74. The first-order chi connectivity index (χ1) is 9.82. The fraction of sp³-hybridized carbons (Fsp3) is 0.533. The Hall–Kier alpha value is -1.72. The molecule has 0 aromatic heterocycles. The Labute approximate surface area is 123 Å². The van der Waals surface area contributed by atoms with Gasteiger partial charge < -0.3 is 9.84 Å². The molecule has 0 spiro atoms. The molecule has 0 saturated carbocycles. The summed E-state index contributed by atoms with van der Waals surface area (Å²) in [4.78, 5) is 10.8. The van der Waals surface area contributed by atoms with Crippen LogP contribution in [0.2, 0.25) is 0 Å². The van der Waals surface area contributed by atoms with Crippen molar-refractivity contribution in [1.82, 2.24) is 0 Å². The second-order valence-electron chi connectivity index (χ2n) is 3.46. The summed E-state index contributed by atoms with van der Waals surface area (Å²) in [5.74, 6) is -0.985. The highest BCUT2D eigenvalue weighted by Gasteiger charge is 2.31. The predicted molar refractivity (Wildman–Crippen MR) is 76.1 cm³/mol. The van der Waals surface area contributed by atoms with Crippen LogP contribution < -0.4 is 0 Å². The first kappa shape index (κ1) is 21.6. The molecule has 0 unspecified atom stereocenters. The van der Waals surface area contributed by atoms with Crippen molar-refractivity contribution in [1.29, 1.82) is 0 Å². The van der Waals surface area contributed by atoms with Gasteiger partial charge in [0.1, 0.15) is 5.75 Å². The summed E-state index contributed by atoms with van der Waals surface area (Å²) in [6.45, 7) is 8.00. The summed E-state index contributed by atoms with van der Waals surface area (Å²) in [6.07, 6.45) is -4.46. The molecule has 0 atom stereocenters. The molecule has 0 saturated heterocycles. The fourth-order valence-electron chi connectivity index (χ4n) is 1.33. The Kier molecular flexibility index (Phi) is 11.3. The largest absolute Gasteiger partial charge is 0.508 e. The Morgan fingerprint density at radius 1 is 1.14 bits per heavy atom. The molecule has 0 aliphatic carbocycles. The molecule has 0 fully saturated rings. The van der Waals surface area contributed by atoms with Gasteiger partial charge in [0, 0.05) is 6.42 Å². The van der Waals surface area contributed by atoms with E-state index in [2.05, 4.69) is 4.74 Å². The monoisotopic (exact) mass is 308 g/mol. The van der Waals surface area contributed by atoms with Gasteiger partial charge in [0.05, 0.1) is 12.7 Å². The van der Waals surface area contributed by atoms with Crippen molar-refractivity contribution in [2.45, 2.75) is 46.7 Å². The molecule has 21 heavy (non-hydrogen) atoms. The van der Waals surface area contributed by atoms with Crippen molar-refractivity contribution >= 4 is 5.97 Å². The normalized spacial score (nSPS) is 9.71. The highest BCUT2D eigenvalue weighted by molar-refractivity contribution is 5.69. The second kappa shape index (κ2) is 11.0. The van der Waals surface area contributed by atoms with Gasteiger partial charge in [-0.15, -0.1) is 0 Å². The Balaban J connectivity index is 0. The van der Waals surface area contributed by atoms with E-state index in [1.807, 2.05) is 27.7 Å². The quantitative estimate of drug-likeness (QED) is 0.832. The number of carbonyl (C=O) groups is 1. The molecule has 3 nitrogen and oxygen atoms in total. The highest BCUT2D eigenvalue weighted by Crippen LogP contribution is 2.32. The summed E-state index contributed by atoms with van der Waals surface area (Å²) in [5, 5.41) is 9.16. The number of phenols is 1. The van der Waals surface area contributed by atoms with Crippen LogP contribution in [0, 0.1) is 0 Å². The van der Waals surface area contributed by atoms with Crippen LogP contribution in [0.1, 0.15) is 45.2 Å². The minimum absolute atomic E-state index is 0.0305. The number of rotatable bonds is 3. The maximum Gasteiger partial charge on any atom is 0.416 e. The van der Waals surface area contributed by atoms with E-state index in [0.717, 1.165) is 6.07 Å². The van der Waals surface area contributed by atoms with Crippen LogP contribution in [-0.2, 0) is 22.1 Å². The number of benzene rings is 1. The number of carbonyl (C=O) groups excluding carboxylic acids is 1. The molecule has 0 radical (unpaired) electrons. The van der Waals surface area contributed by atoms with Crippen LogP contribution in [0.4, 0.5) is 13.2 Å². The molecule has 6 heteroatoms. The lowest BCUT2D eigenvalue weighted by Gasteiger charge is -2.09. The average Bonchev–Trinajstić information content (AvgIpc) is 2.47. The molecule has 122 valence electrons. The van der Waals surface area contributed by atoms with Crippen LogP contribution in [0.5, 0.6) is 5.75 Å². The van der Waals surface area contributed by atoms with E-state index in [-0.39, 0.29) is 18.4 Å². The van der Waals surface area contributed by atoms with Crippen molar-refractivity contribution < 1.29 is 27.8 Å². The zero-order valence-electron chi connectivity index (χ0n) is 13.0. The number of aromatic hydroxyl groups is 1. The summed E-state index contributed by atoms with van der Waals surface area (Å²) < 4.78 is 41.6. The molecular formula is C15H23F3O3. The van der Waals surface area contributed by atoms with Crippen molar-refractivity contribution in [3.05, 3.63) is 29.3 Å². The molecule has 1 rings (SSSR count). The van der Waals surface area contributed by atoms with Gasteiger partial charge in [-0.1, -0.05) is 27.7 Å². The van der Waals surface area contributed by atoms with Gasteiger partial charge in [0.25, 0.3) is 0 Å². The zero-order chi connectivity index (χ0) is 17.1. The van der Waals surface area contributed by atoms with Crippen molar-refractivity contribution in [3.63, 3.8) is 0 Å². The smallest absolute Gasteiger partial charge is 0.416 e. The van der Waals surface area contributed by atoms with E-state index in [4.69, 9.17) is 5.11 Å². The van der Waals surface area contributed by atoms with Crippen molar-refractivity contribution in [2.24, 2.45) is 0 Å². The molecule has 0 bridgehead atoms. The van der Waals surface area contributed by atoms with Crippen molar-refractivity contribution in [2.75, 3.05) is 7.11 Å². The van der Waals surface area contributed by atoms with Gasteiger partial charge in [0.2, 0.25) is 0 Å². The zero-order valence-corrected chi connectivity index (χ0v) is 13.0. The molecule has 1 aromatic carbocycles. The molecule has 0 aliphatic heterocycles. The lowest BCUT2D eigenvalue weighted by Crippen LogP contribution is -2.06. The molecular weight excluding hydrogens is 285 g/mol. The standard InChI is InChI=1S/C11H11F3O3.2C2H6/c1-17-10(16)3-2-7-4-8(11(12,13)14)6-9(15)5-7;2*1-2/h4-6,15H,2-3H2,1H3;2*1-2H3. The number of hydrogen-bond donors (Lipinski definition) is 1. The predicted octanol–water partition coefficient (Wildman–Crippen LogP) is 4.57. The number of esters is 1. The van der Waals surface area contributed by atoms with Gasteiger partial charge in [-0.25, -0.2) is 0 Å². The van der Waals surface area contributed by atoms with Crippen LogP contribution in [0.25, 0.3) is 0 Å². The third-order valence-corrected chi connectivity index (χ3v) is 2.15. The first-order valence-corrected chi connectivity index (χ1v) is 6.80. The third-order valence-electron chi connectivity index (χ3n) is 2.15. The number of hydrogen-bond acceptors (Lipinski definition) is 3. The van der Waals surface area contributed by atoms with Gasteiger partial charge >= 0.3 is 12.1 Å². The third kappa shape index (κ3) is 8.94. The number of halogens is 3. The SMILES string of the molecule is CC.CC.COC(=O)CCc1cc(O)cc(C(F)(F)F)c1. The molecule has 0 heterocycles. The lowest BCUT2D eigenvalue weighted by molar-refractivity contribution is -0.140. The number of aryl methyl sites for hydroxylation is 1. The molecule has 1 aromatic rings. The second-order valence-corrected chi connectivity index (χ2v) is 3.46. The van der Waals surface area contributed by atoms with Crippen LogP contribution >= 0.6 is 0 Å². The summed E-state index contributed by atoms with van der Waals surface area (Å²) in [5.41, 5.74) is -0.694. The molecule has 1 N–H and O–H groups in total. The maximum atomic E-state index is 12.4. The average molecular weight is 308 g/mol. The van der Waals surface area contributed by atoms with Crippen LogP contribution in [0.15, 0.2) is 18.2 Å². The van der Waals surface area contributed by atoms with Crippen LogP contribution in [0.3, 0.4) is 0 Å². The van der Waals surface area contributed by atoms with E-state index < -0.39 is 23.5 Å². The summed E-state index contributed by atoms with van der Waals surface area (Å²) >= 11 is 0. The van der Waals surface area contributed by atoms with Crippen LogP contribution in [-0.4, -0.2) is 18.2 Å². The molecule has 0 amide bonds. The first-order valence-electron chi connectivity index (χ1n) is 6.80. The van der Waals surface area contributed by atoms with Crippen molar-refractivity contribution in [3.8, 4) is 5.75 Å². The van der Waals surface area contributed by atoms with E-state index in [9.17, 15) is 18.0 Å². The van der Waals surface area contributed by atoms with E-state index >= 15 is 0 Å². The van der Waals surface area contributed by atoms with Gasteiger partial charge in [-0.2, -0.15) is 13.2 Å². The minimum Gasteiger partial charge on any atom is -0.508 e. The Morgan fingerprint density at radius 3 is 2.10 bits per heavy atom. The number of ether oxygens (including phenoxy) is 1. The van der Waals surface area contributed by atoms with Gasteiger partial charge in [0.15, 0.2) is 0 Å². The lowest BCUT2D eigenvalue weighted by atomic mass is 10.1. The Bertz CT molecular complexity index is 415. The van der Waals surface area contributed by atoms with Gasteiger partial charge in [-0.3, -0.25) is 4.79 Å². The molecule has 0 aliphatic rings. The number of methoxy groups -OCH3 is 1. The number of phenolic OH excluding ortho intramolecular Hbond substituents is 1. The maximum absolute atomic E-state index is 12.4. The van der Waals surface area contributed by atoms with E-state index in [0.29, 0.717) is 6.07 Å². The Morgan fingerprint density at radius 2 is 1.67 bits per heavy atom. The number of alkyl halides is 3. The fourth-order valence-corrected chi connectivity index (χ4v) is 1.33. The van der Waals surface area contributed by atoms with E-state index in [1.54, 1.807) is 0 Å². The topological polar surface area (TPSA) is 46.5 Å². The van der Waals surface area contributed by atoms with Gasteiger partial charge in [-0.05, 0) is 30.2 Å². The highest BCUT2D eigenvalue weighted by atomic mass is 19.4.